The Morgan fingerprint density at radius 2 is 1.65 bits per heavy atom. The lowest BCUT2D eigenvalue weighted by atomic mass is 10.1. The fourth-order valence-corrected chi connectivity index (χ4v) is 2.10. The first-order valence-electron chi connectivity index (χ1n) is 6.74. The zero-order valence-corrected chi connectivity index (χ0v) is 12.5. The number of rotatable bonds is 3. The third kappa shape index (κ3) is 6.09. The number of piperazine rings is 1. The molecular formula is C13H23F3N2O2. The molecule has 7 heteroatoms. The molecule has 0 aromatic rings. The summed E-state index contributed by atoms with van der Waals surface area (Å²) in [5.41, 5.74) is -0.552. The predicted molar refractivity (Wildman–Crippen MR) is 69.4 cm³/mol. The van der Waals surface area contributed by atoms with Crippen molar-refractivity contribution in [2.24, 2.45) is 0 Å². The average molecular weight is 296 g/mol. The van der Waals surface area contributed by atoms with E-state index in [1.165, 1.54) is 4.90 Å². The normalized spacial score (nSPS) is 20.8. The van der Waals surface area contributed by atoms with Crippen LogP contribution < -0.4 is 0 Å². The first-order chi connectivity index (χ1) is 8.98. The van der Waals surface area contributed by atoms with Crippen LogP contribution in [0.3, 0.4) is 0 Å². The van der Waals surface area contributed by atoms with Crippen LogP contribution in [0.15, 0.2) is 0 Å². The minimum Gasteiger partial charge on any atom is -0.459 e. The molecule has 0 bridgehead atoms. The highest BCUT2D eigenvalue weighted by molar-refractivity contribution is 5.75. The van der Waals surface area contributed by atoms with E-state index in [9.17, 15) is 18.0 Å². The number of halogens is 3. The molecule has 0 spiro atoms. The Morgan fingerprint density at radius 1 is 1.15 bits per heavy atom. The van der Waals surface area contributed by atoms with Gasteiger partial charge in [-0.25, -0.2) is 0 Å². The lowest BCUT2D eigenvalue weighted by Gasteiger charge is -2.37. The molecule has 1 atom stereocenters. The number of carbonyl (C=O) groups excluding carboxylic acids is 1. The van der Waals surface area contributed by atoms with Gasteiger partial charge in [0.05, 0.1) is 6.54 Å². The van der Waals surface area contributed by atoms with Gasteiger partial charge in [-0.1, -0.05) is 0 Å². The van der Waals surface area contributed by atoms with E-state index < -0.39 is 24.4 Å². The third-order valence-corrected chi connectivity index (χ3v) is 3.11. The van der Waals surface area contributed by atoms with Crippen molar-refractivity contribution in [3.63, 3.8) is 0 Å². The van der Waals surface area contributed by atoms with Gasteiger partial charge in [-0.2, -0.15) is 13.2 Å². The molecule has 1 saturated heterocycles. The van der Waals surface area contributed by atoms with Crippen molar-refractivity contribution >= 4 is 5.97 Å². The largest absolute Gasteiger partial charge is 0.459 e. The lowest BCUT2D eigenvalue weighted by Crippen LogP contribution is -2.54. The molecule has 1 aliphatic rings. The van der Waals surface area contributed by atoms with Crippen LogP contribution in [0.1, 0.15) is 27.7 Å². The molecular weight excluding hydrogens is 273 g/mol. The summed E-state index contributed by atoms with van der Waals surface area (Å²) in [4.78, 5) is 15.1. The van der Waals surface area contributed by atoms with E-state index in [2.05, 4.69) is 0 Å². The second-order valence-electron chi connectivity index (χ2n) is 6.14. The zero-order valence-electron chi connectivity index (χ0n) is 12.5. The van der Waals surface area contributed by atoms with Crippen LogP contribution in [0.2, 0.25) is 0 Å². The number of ether oxygens (including phenoxy) is 1. The van der Waals surface area contributed by atoms with Crippen LogP contribution in [0.25, 0.3) is 0 Å². The number of esters is 1. The topological polar surface area (TPSA) is 32.8 Å². The first-order valence-corrected chi connectivity index (χ1v) is 6.74. The van der Waals surface area contributed by atoms with Gasteiger partial charge >= 0.3 is 12.1 Å². The summed E-state index contributed by atoms with van der Waals surface area (Å²) in [5.74, 6) is -0.332. The Kier molecular flexibility index (Phi) is 5.43. The summed E-state index contributed by atoms with van der Waals surface area (Å²) in [6.07, 6.45) is -4.17. The van der Waals surface area contributed by atoms with Gasteiger partial charge in [0.2, 0.25) is 0 Å². The van der Waals surface area contributed by atoms with Crippen molar-refractivity contribution in [1.29, 1.82) is 0 Å². The van der Waals surface area contributed by atoms with E-state index in [0.717, 1.165) is 0 Å². The van der Waals surface area contributed by atoms with Crippen LogP contribution in [0, 0.1) is 0 Å². The maximum Gasteiger partial charge on any atom is 0.401 e. The van der Waals surface area contributed by atoms with Crippen molar-refractivity contribution in [1.82, 2.24) is 9.80 Å². The van der Waals surface area contributed by atoms with Gasteiger partial charge < -0.3 is 4.74 Å². The Bertz CT molecular complexity index is 331. The molecule has 0 aromatic carbocycles. The van der Waals surface area contributed by atoms with Crippen molar-refractivity contribution in [3.05, 3.63) is 0 Å². The van der Waals surface area contributed by atoms with Gasteiger partial charge in [0.25, 0.3) is 0 Å². The van der Waals surface area contributed by atoms with E-state index >= 15 is 0 Å². The molecule has 20 heavy (non-hydrogen) atoms. The first kappa shape index (κ1) is 17.2. The second-order valence-corrected chi connectivity index (χ2v) is 6.14. The predicted octanol–water partition coefficient (Wildman–Crippen LogP) is 1.90. The molecule has 1 rings (SSSR count). The Labute approximate surface area is 117 Å². The highest BCUT2D eigenvalue weighted by Crippen LogP contribution is 2.18. The van der Waals surface area contributed by atoms with Gasteiger partial charge in [0, 0.05) is 26.2 Å². The summed E-state index contributed by atoms with van der Waals surface area (Å²) in [6.45, 7) is 7.72. The number of nitrogens with zero attached hydrogens (tertiary/aromatic N) is 2. The van der Waals surface area contributed by atoms with Gasteiger partial charge in [-0.3, -0.25) is 14.6 Å². The number of hydrogen-bond donors (Lipinski definition) is 0. The molecule has 0 radical (unpaired) electrons. The van der Waals surface area contributed by atoms with Gasteiger partial charge in [0.1, 0.15) is 11.6 Å². The SMILES string of the molecule is CC(C(=O)OC(C)(C)C)N1CCN(CC(F)(F)F)CC1. The smallest absolute Gasteiger partial charge is 0.401 e. The molecule has 0 aromatic heterocycles. The van der Waals surface area contributed by atoms with Gasteiger partial charge in [0.15, 0.2) is 0 Å². The molecule has 0 N–H and O–H groups in total. The van der Waals surface area contributed by atoms with Crippen molar-refractivity contribution in [3.8, 4) is 0 Å². The fraction of sp³-hybridized carbons (Fsp3) is 0.923. The number of carbonyl (C=O) groups is 1. The van der Waals surface area contributed by atoms with Crippen molar-refractivity contribution < 1.29 is 22.7 Å². The Morgan fingerprint density at radius 3 is 2.05 bits per heavy atom. The standard InChI is InChI=1S/C13H23F3N2O2/c1-10(11(19)20-12(2,3)4)18-7-5-17(6-8-18)9-13(14,15)16/h10H,5-9H2,1-4H3. The maximum absolute atomic E-state index is 12.3. The van der Waals surface area contributed by atoms with Crippen LogP contribution >= 0.6 is 0 Å². The van der Waals surface area contributed by atoms with Gasteiger partial charge in [-0.05, 0) is 27.7 Å². The van der Waals surface area contributed by atoms with Crippen molar-refractivity contribution in [2.75, 3.05) is 32.7 Å². The van der Waals surface area contributed by atoms with E-state index in [1.807, 2.05) is 4.90 Å². The summed E-state index contributed by atoms with van der Waals surface area (Å²) < 4.78 is 42.1. The molecule has 4 nitrogen and oxygen atoms in total. The summed E-state index contributed by atoms with van der Waals surface area (Å²) in [6, 6.07) is -0.428. The summed E-state index contributed by atoms with van der Waals surface area (Å²) >= 11 is 0. The molecule has 0 aliphatic carbocycles. The molecule has 0 amide bonds. The fourth-order valence-electron chi connectivity index (χ4n) is 2.10. The minimum absolute atomic E-state index is 0.312. The van der Waals surface area contributed by atoms with Crippen molar-refractivity contribution in [2.45, 2.75) is 45.5 Å². The van der Waals surface area contributed by atoms with E-state index in [4.69, 9.17) is 4.74 Å². The van der Waals surface area contributed by atoms with Crippen LogP contribution in [-0.2, 0) is 9.53 Å². The Hall–Kier alpha value is -0.820. The second kappa shape index (κ2) is 6.30. The summed E-state index contributed by atoms with van der Waals surface area (Å²) in [5, 5.41) is 0. The molecule has 0 saturated carbocycles. The van der Waals surface area contributed by atoms with Gasteiger partial charge in [-0.15, -0.1) is 0 Å². The average Bonchev–Trinajstić information content (AvgIpc) is 2.24. The Balaban J connectivity index is 2.43. The zero-order chi connectivity index (χ0) is 15.6. The van der Waals surface area contributed by atoms with Crippen LogP contribution in [-0.4, -0.2) is 66.3 Å². The lowest BCUT2D eigenvalue weighted by molar-refractivity contribution is -0.164. The monoisotopic (exact) mass is 296 g/mol. The third-order valence-electron chi connectivity index (χ3n) is 3.11. The quantitative estimate of drug-likeness (QED) is 0.745. The highest BCUT2D eigenvalue weighted by Gasteiger charge is 2.34. The molecule has 1 unspecified atom stereocenters. The molecule has 1 aliphatic heterocycles. The molecule has 1 fully saturated rings. The van der Waals surface area contributed by atoms with E-state index in [0.29, 0.717) is 26.2 Å². The minimum atomic E-state index is -4.17. The van der Waals surface area contributed by atoms with E-state index in [-0.39, 0.29) is 5.97 Å². The molecule has 1 heterocycles. The van der Waals surface area contributed by atoms with Crippen LogP contribution in [0.5, 0.6) is 0 Å². The number of hydrogen-bond acceptors (Lipinski definition) is 4. The highest BCUT2D eigenvalue weighted by atomic mass is 19.4. The molecule has 118 valence electrons. The maximum atomic E-state index is 12.3. The summed E-state index contributed by atoms with van der Waals surface area (Å²) in [7, 11) is 0. The van der Waals surface area contributed by atoms with E-state index in [1.54, 1.807) is 27.7 Å². The van der Waals surface area contributed by atoms with Crippen LogP contribution in [0.4, 0.5) is 13.2 Å². The number of alkyl halides is 3.